The quantitative estimate of drug-likeness (QED) is 0.176. The number of aromatic nitrogens is 5. The van der Waals surface area contributed by atoms with Crippen LogP contribution in [0, 0.1) is 0 Å². The van der Waals surface area contributed by atoms with Gasteiger partial charge in [0.1, 0.15) is 11.2 Å². The third-order valence-electron chi connectivity index (χ3n) is 9.86. The number of rotatable bonds is 6. The van der Waals surface area contributed by atoms with Crippen molar-refractivity contribution in [3.05, 3.63) is 188 Å². The molecule has 0 bridgehead atoms. The maximum absolute atomic E-state index is 5.18. The second kappa shape index (κ2) is 12.8. The lowest BCUT2D eigenvalue weighted by Crippen LogP contribution is -1.96. The highest BCUT2D eigenvalue weighted by atomic mass is 15.1. The number of hydrogen-bond donors (Lipinski definition) is 0. The van der Waals surface area contributed by atoms with E-state index < -0.39 is 0 Å². The van der Waals surface area contributed by atoms with Gasteiger partial charge in [-0.15, -0.1) is 0 Å². The molecule has 0 spiro atoms. The second-order valence-electron chi connectivity index (χ2n) is 13.1. The first-order valence-corrected chi connectivity index (χ1v) is 17.7. The van der Waals surface area contributed by atoms with Gasteiger partial charge >= 0.3 is 0 Å². The van der Waals surface area contributed by atoms with Crippen molar-refractivity contribution in [2.24, 2.45) is 0 Å². The molecule has 10 rings (SSSR count). The van der Waals surface area contributed by atoms with Crippen LogP contribution in [0.3, 0.4) is 0 Å². The molecule has 0 N–H and O–H groups in total. The van der Waals surface area contributed by atoms with E-state index in [1.807, 2.05) is 48.7 Å². The molecule has 0 radical (unpaired) electrons. The Morgan fingerprint density at radius 1 is 0.340 bits per heavy atom. The first kappa shape index (κ1) is 30.6. The van der Waals surface area contributed by atoms with Gasteiger partial charge in [0.2, 0.25) is 0 Å². The fraction of sp³-hybridized carbons (Fsp3) is 0. The van der Waals surface area contributed by atoms with Crippen LogP contribution in [0.15, 0.2) is 188 Å². The molecule has 4 aromatic heterocycles. The average molecular weight is 678 g/mol. The van der Waals surface area contributed by atoms with E-state index in [1.165, 1.54) is 5.56 Å². The summed E-state index contributed by atoms with van der Waals surface area (Å²) >= 11 is 0. The number of hydrogen-bond acceptors (Lipinski definition) is 4. The topological polar surface area (TPSA) is 56.0 Å². The van der Waals surface area contributed by atoms with E-state index in [2.05, 4.69) is 144 Å². The van der Waals surface area contributed by atoms with Crippen LogP contribution in [-0.2, 0) is 0 Å². The molecular weight excluding hydrogens is 647 g/mol. The molecule has 10 aromatic rings. The summed E-state index contributed by atoms with van der Waals surface area (Å²) in [6.07, 6.45) is 2.02. The largest absolute Gasteiger partial charge is 0.284 e. The molecule has 5 nitrogen and oxygen atoms in total. The lowest BCUT2D eigenvalue weighted by Gasteiger charge is -2.11. The van der Waals surface area contributed by atoms with E-state index in [9.17, 15) is 0 Å². The fourth-order valence-electron chi connectivity index (χ4n) is 7.15. The van der Waals surface area contributed by atoms with Crippen molar-refractivity contribution in [3.8, 4) is 67.4 Å². The van der Waals surface area contributed by atoms with Crippen LogP contribution in [0.5, 0.6) is 0 Å². The molecule has 0 saturated carbocycles. The van der Waals surface area contributed by atoms with Crippen molar-refractivity contribution < 1.29 is 0 Å². The Hall–Kier alpha value is -7.24. The predicted octanol–water partition coefficient (Wildman–Crippen LogP) is 11.8. The number of pyridine rings is 2. The summed E-state index contributed by atoms with van der Waals surface area (Å²) in [5.74, 6) is 0.700. The molecular formula is C48H31N5. The normalized spacial score (nSPS) is 11.4. The summed E-state index contributed by atoms with van der Waals surface area (Å²) in [6.45, 7) is 0. The van der Waals surface area contributed by atoms with Crippen LogP contribution in [0.2, 0.25) is 0 Å². The van der Waals surface area contributed by atoms with E-state index in [4.69, 9.17) is 19.9 Å². The van der Waals surface area contributed by atoms with Gasteiger partial charge in [0.05, 0.1) is 17.1 Å². The molecule has 0 fully saturated rings. The molecule has 0 unspecified atom stereocenters. The van der Waals surface area contributed by atoms with Crippen molar-refractivity contribution in [2.75, 3.05) is 0 Å². The van der Waals surface area contributed by atoms with Crippen molar-refractivity contribution in [2.45, 2.75) is 0 Å². The molecule has 6 aromatic carbocycles. The van der Waals surface area contributed by atoms with E-state index in [-0.39, 0.29) is 0 Å². The summed E-state index contributed by atoms with van der Waals surface area (Å²) in [7, 11) is 0. The summed E-state index contributed by atoms with van der Waals surface area (Å²) in [4.78, 5) is 20.2. The maximum Gasteiger partial charge on any atom is 0.165 e. The summed E-state index contributed by atoms with van der Waals surface area (Å²) in [5, 5.41) is 2.19. The summed E-state index contributed by atoms with van der Waals surface area (Å²) in [6, 6.07) is 63.1. The summed E-state index contributed by atoms with van der Waals surface area (Å²) in [5.41, 5.74) is 14.1. The Morgan fingerprint density at radius 2 is 0.887 bits per heavy atom. The Kier molecular flexibility index (Phi) is 7.40. The Labute approximate surface area is 306 Å². The zero-order valence-electron chi connectivity index (χ0n) is 28.6. The minimum Gasteiger partial charge on any atom is -0.284 e. The predicted molar refractivity (Wildman–Crippen MR) is 216 cm³/mol. The smallest absolute Gasteiger partial charge is 0.165 e. The van der Waals surface area contributed by atoms with E-state index in [0.29, 0.717) is 5.82 Å². The fourth-order valence-corrected chi connectivity index (χ4v) is 7.15. The Balaban J connectivity index is 1.00. The highest BCUT2D eigenvalue weighted by Gasteiger charge is 2.16. The molecule has 5 heteroatoms. The van der Waals surface area contributed by atoms with Gasteiger partial charge in [0.15, 0.2) is 11.5 Å². The molecule has 0 aliphatic heterocycles. The zero-order chi connectivity index (χ0) is 35.1. The van der Waals surface area contributed by atoms with Crippen LogP contribution < -0.4 is 0 Å². The van der Waals surface area contributed by atoms with Gasteiger partial charge < -0.3 is 0 Å². The van der Waals surface area contributed by atoms with Gasteiger partial charge in [0, 0.05) is 39.2 Å². The third-order valence-corrected chi connectivity index (χ3v) is 9.86. The van der Waals surface area contributed by atoms with E-state index in [1.54, 1.807) is 0 Å². The molecule has 0 aliphatic carbocycles. The number of imidazole rings is 1. The number of nitrogens with zero attached hydrogens (tertiary/aromatic N) is 5. The van der Waals surface area contributed by atoms with Gasteiger partial charge in [-0.25, -0.2) is 19.9 Å². The molecule has 0 amide bonds. The third kappa shape index (κ3) is 5.61. The van der Waals surface area contributed by atoms with Crippen LogP contribution in [-0.4, -0.2) is 24.3 Å². The van der Waals surface area contributed by atoms with Crippen LogP contribution in [0.4, 0.5) is 0 Å². The monoisotopic (exact) mass is 677 g/mol. The number of fused-ring (bicyclic) bond motifs is 5. The SMILES string of the molecule is c1ccc(-c2cccc(-c3cc(-c4ccc(-c5ccc(-c6nc7c(nc8ccccn87)c7ccccc67)cc5)cc4)nc(-c4ccccc4)n3)c2)cc1. The lowest BCUT2D eigenvalue weighted by molar-refractivity contribution is 1.18. The molecule has 0 atom stereocenters. The maximum atomic E-state index is 5.18. The molecule has 53 heavy (non-hydrogen) atoms. The summed E-state index contributed by atoms with van der Waals surface area (Å²) < 4.78 is 2.06. The molecule has 248 valence electrons. The van der Waals surface area contributed by atoms with Gasteiger partial charge in [-0.3, -0.25) is 4.40 Å². The van der Waals surface area contributed by atoms with Crippen LogP contribution in [0.1, 0.15) is 0 Å². The minimum absolute atomic E-state index is 0.700. The second-order valence-corrected chi connectivity index (χ2v) is 13.1. The standard InChI is InChI=1S/C48H31N5/c1-3-12-32(13-4-1)38-16-11-17-39(30-38)43-31-42(49-47(50-43)37-14-5-2-6-15-37)35-25-21-33(22-26-35)34-23-27-36(28-24-34)45-40-18-7-8-19-41(40)46-48(52-45)53-29-10-9-20-44(53)51-46/h1-31H. The van der Waals surface area contributed by atoms with Gasteiger partial charge in [0.25, 0.3) is 0 Å². The first-order valence-electron chi connectivity index (χ1n) is 17.7. The highest BCUT2D eigenvalue weighted by molar-refractivity contribution is 6.09. The Bertz CT molecular complexity index is 2920. The molecule has 4 heterocycles. The average Bonchev–Trinajstić information content (AvgIpc) is 3.63. The van der Waals surface area contributed by atoms with Crippen molar-refractivity contribution in [1.82, 2.24) is 24.3 Å². The van der Waals surface area contributed by atoms with E-state index >= 15 is 0 Å². The lowest BCUT2D eigenvalue weighted by atomic mass is 9.98. The first-order chi connectivity index (χ1) is 26.2. The van der Waals surface area contributed by atoms with Crippen molar-refractivity contribution in [3.63, 3.8) is 0 Å². The van der Waals surface area contributed by atoms with E-state index in [0.717, 1.165) is 83.6 Å². The minimum atomic E-state index is 0.700. The molecule has 0 saturated heterocycles. The van der Waals surface area contributed by atoms with Crippen LogP contribution >= 0.6 is 0 Å². The van der Waals surface area contributed by atoms with Crippen LogP contribution in [0.25, 0.3) is 95.0 Å². The van der Waals surface area contributed by atoms with Crippen molar-refractivity contribution in [1.29, 1.82) is 0 Å². The van der Waals surface area contributed by atoms with Gasteiger partial charge in [-0.05, 0) is 46.5 Å². The highest BCUT2D eigenvalue weighted by Crippen LogP contribution is 2.35. The van der Waals surface area contributed by atoms with Gasteiger partial charge in [-0.1, -0.05) is 158 Å². The zero-order valence-corrected chi connectivity index (χ0v) is 28.6. The van der Waals surface area contributed by atoms with Crippen molar-refractivity contribution >= 4 is 27.6 Å². The van der Waals surface area contributed by atoms with Gasteiger partial charge in [-0.2, -0.15) is 0 Å². The Morgan fingerprint density at radius 3 is 1.62 bits per heavy atom. The number of benzene rings is 6. The molecule has 0 aliphatic rings.